The van der Waals surface area contributed by atoms with Crippen molar-refractivity contribution in [1.29, 1.82) is 0 Å². The van der Waals surface area contributed by atoms with Gasteiger partial charge in [0.25, 0.3) is 0 Å². The molecule has 0 aliphatic carbocycles. The molecule has 0 unspecified atom stereocenters. The summed E-state index contributed by atoms with van der Waals surface area (Å²) in [7, 11) is 0. The summed E-state index contributed by atoms with van der Waals surface area (Å²) in [6.45, 7) is 3.62. The fourth-order valence-corrected chi connectivity index (χ4v) is 2.94. The van der Waals surface area contributed by atoms with Crippen LogP contribution in [0.4, 0.5) is 0 Å². The van der Waals surface area contributed by atoms with Crippen LogP contribution in [0.1, 0.15) is 39.0 Å². The van der Waals surface area contributed by atoms with Gasteiger partial charge in [0.1, 0.15) is 11.3 Å². The molecule has 1 aromatic carbocycles. The van der Waals surface area contributed by atoms with E-state index in [4.69, 9.17) is 9.15 Å². The van der Waals surface area contributed by atoms with Gasteiger partial charge < -0.3 is 9.15 Å². The maximum atomic E-state index is 12.8. The summed E-state index contributed by atoms with van der Waals surface area (Å²) in [5, 5.41) is 0.425. The molecule has 2 rings (SSSR count). The van der Waals surface area contributed by atoms with Crippen LogP contribution < -0.4 is 0 Å². The summed E-state index contributed by atoms with van der Waals surface area (Å²) in [6, 6.07) is 6.97. The van der Waals surface area contributed by atoms with Gasteiger partial charge in [-0.05, 0) is 44.4 Å². The van der Waals surface area contributed by atoms with E-state index in [0.29, 0.717) is 16.4 Å². The van der Waals surface area contributed by atoms with Crippen molar-refractivity contribution in [2.75, 3.05) is 12.9 Å². The summed E-state index contributed by atoms with van der Waals surface area (Å²) < 4.78 is 11.5. The van der Waals surface area contributed by atoms with Crippen molar-refractivity contribution in [2.45, 2.75) is 18.9 Å². The highest BCUT2D eigenvalue weighted by atomic mass is 79.9. The average Bonchev–Trinajstić information content (AvgIpc) is 2.84. The highest BCUT2D eigenvalue weighted by Gasteiger charge is 2.29. The highest BCUT2D eigenvalue weighted by Crippen LogP contribution is 2.32. The predicted molar refractivity (Wildman–Crippen MR) is 88.8 cm³/mol. The van der Waals surface area contributed by atoms with Crippen molar-refractivity contribution < 1.29 is 18.7 Å². The van der Waals surface area contributed by atoms with E-state index in [0.717, 1.165) is 4.47 Å². The van der Waals surface area contributed by atoms with Crippen LogP contribution in [0.25, 0.3) is 0 Å². The lowest BCUT2D eigenvalue weighted by molar-refractivity contribution is 0.0522. The summed E-state index contributed by atoms with van der Waals surface area (Å²) in [5.41, 5.74) is 0.967. The Morgan fingerprint density at radius 3 is 2.41 bits per heavy atom. The molecular weight excluding hydrogens is 368 g/mol. The molecule has 22 heavy (non-hydrogen) atoms. The monoisotopic (exact) mass is 382 g/mol. The number of hydrogen-bond acceptors (Lipinski definition) is 5. The summed E-state index contributed by atoms with van der Waals surface area (Å²) in [4.78, 5) is 24.9. The smallest absolute Gasteiger partial charge is 0.342 e. The van der Waals surface area contributed by atoms with Crippen LogP contribution in [0.15, 0.2) is 38.2 Å². The minimum Gasteiger partial charge on any atom is -0.462 e. The topological polar surface area (TPSA) is 56.5 Å². The molecular formula is C16H15BrO4S. The number of furan rings is 1. The van der Waals surface area contributed by atoms with Gasteiger partial charge in [0.05, 0.1) is 12.2 Å². The fourth-order valence-electron chi connectivity index (χ4n) is 2.06. The first-order valence-corrected chi connectivity index (χ1v) is 8.66. The largest absolute Gasteiger partial charge is 0.462 e. The van der Waals surface area contributed by atoms with E-state index < -0.39 is 5.97 Å². The molecule has 0 aliphatic rings. The van der Waals surface area contributed by atoms with E-state index in [1.165, 1.54) is 11.8 Å². The van der Waals surface area contributed by atoms with E-state index in [2.05, 4.69) is 15.9 Å². The molecule has 1 aromatic heterocycles. The molecule has 0 spiro atoms. The third-order valence-electron chi connectivity index (χ3n) is 3.05. The van der Waals surface area contributed by atoms with Gasteiger partial charge in [0.2, 0.25) is 0 Å². The number of carbonyl (C=O) groups is 2. The molecule has 0 amide bonds. The van der Waals surface area contributed by atoms with E-state index >= 15 is 0 Å². The molecule has 0 fully saturated rings. The van der Waals surface area contributed by atoms with Crippen LogP contribution in [-0.2, 0) is 4.74 Å². The summed E-state index contributed by atoms with van der Waals surface area (Å²) in [5.74, 6) is -0.399. The van der Waals surface area contributed by atoms with Gasteiger partial charge in [-0.15, -0.1) is 0 Å². The van der Waals surface area contributed by atoms with E-state index in [9.17, 15) is 9.59 Å². The van der Waals surface area contributed by atoms with Crippen LogP contribution in [0.3, 0.4) is 0 Å². The van der Waals surface area contributed by atoms with Gasteiger partial charge in [-0.25, -0.2) is 4.79 Å². The lowest BCUT2D eigenvalue weighted by Crippen LogP contribution is -2.12. The Hall–Kier alpha value is -1.53. The Balaban J connectivity index is 2.54. The molecule has 0 saturated heterocycles. The zero-order chi connectivity index (χ0) is 16.3. The summed E-state index contributed by atoms with van der Waals surface area (Å²) >= 11 is 4.62. The van der Waals surface area contributed by atoms with Crippen molar-refractivity contribution >= 4 is 39.4 Å². The van der Waals surface area contributed by atoms with Crippen molar-refractivity contribution in [1.82, 2.24) is 0 Å². The first-order chi connectivity index (χ1) is 10.5. The zero-order valence-corrected chi connectivity index (χ0v) is 14.8. The molecule has 116 valence electrons. The Labute approximate surface area is 141 Å². The molecule has 0 saturated carbocycles. The number of ketones is 1. The first-order valence-electron chi connectivity index (χ1n) is 6.64. The second kappa shape index (κ2) is 7.15. The SMILES string of the molecule is CCOC(=O)c1c(C)oc(SC)c1C(=O)c1ccc(Br)cc1. The molecule has 0 aliphatic heterocycles. The fraction of sp³-hybridized carbons (Fsp3) is 0.250. The minimum absolute atomic E-state index is 0.208. The lowest BCUT2D eigenvalue weighted by Gasteiger charge is -2.05. The number of carbonyl (C=O) groups excluding carboxylic acids is 2. The maximum Gasteiger partial charge on any atom is 0.342 e. The van der Waals surface area contributed by atoms with Gasteiger partial charge in [-0.1, -0.05) is 27.7 Å². The molecule has 0 N–H and O–H groups in total. The standard InChI is InChI=1S/C16H15BrO4S/c1-4-20-15(19)12-9(2)21-16(22-3)13(12)14(18)10-5-7-11(17)8-6-10/h5-8H,4H2,1-3H3. The Bertz CT molecular complexity index is 704. The van der Waals surface area contributed by atoms with Gasteiger partial charge in [-0.3, -0.25) is 4.79 Å². The number of halogens is 1. The van der Waals surface area contributed by atoms with E-state index in [1.807, 2.05) is 0 Å². The van der Waals surface area contributed by atoms with Crippen LogP contribution in [0, 0.1) is 6.92 Å². The van der Waals surface area contributed by atoms with E-state index in [-0.39, 0.29) is 23.5 Å². The molecule has 0 atom stereocenters. The van der Waals surface area contributed by atoms with Crippen LogP contribution >= 0.6 is 27.7 Å². The van der Waals surface area contributed by atoms with Crippen LogP contribution in [-0.4, -0.2) is 24.6 Å². The van der Waals surface area contributed by atoms with Crippen LogP contribution in [0.2, 0.25) is 0 Å². The van der Waals surface area contributed by atoms with Gasteiger partial charge in [0.15, 0.2) is 10.9 Å². The third-order valence-corrected chi connectivity index (χ3v) is 4.24. The van der Waals surface area contributed by atoms with E-state index in [1.54, 1.807) is 44.4 Å². The number of esters is 1. The van der Waals surface area contributed by atoms with Crippen molar-refractivity contribution in [3.63, 3.8) is 0 Å². The van der Waals surface area contributed by atoms with Crippen molar-refractivity contribution in [2.24, 2.45) is 0 Å². The normalized spacial score (nSPS) is 10.5. The molecule has 2 aromatic rings. The van der Waals surface area contributed by atoms with Gasteiger partial charge in [0, 0.05) is 10.0 Å². The number of ether oxygens (including phenoxy) is 1. The third kappa shape index (κ3) is 3.28. The number of benzene rings is 1. The zero-order valence-electron chi connectivity index (χ0n) is 12.4. The number of thioether (sulfide) groups is 1. The number of aryl methyl sites for hydroxylation is 1. The average molecular weight is 383 g/mol. The molecule has 6 heteroatoms. The highest BCUT2D eigenvalue weighted by molar-refractivity contribution is 9.10. The Morgan fingerprint density at radius 1 is 1.23 bits per heavy atom. The van der Waals surface area contributed by atoms with Gasteiger partial charge >= 0.3 is 5.97 Å². The molecule has 0 radical (unpaired) electrons. The van der Waals surface area contributed by atoms with Crippen LogP contribution in [0.5, 0.6) is 0 Å². The second-order valence-electron chi connectivity index (χ2n) is 4.46. The molecule has 1 heterocycles. The minimum atomic E-state index is -0.537. The molecule has 0 bridgehead atoms. The number of rotatable bonds is 5. The Kier molecular flexibility index (Phi) is 5.47. The number of hydrogen-bond donors (Lipinski definition) is 0. The summed E-state index contributed by atoms with van der Waals surface area (Å²) in [6.07, 6.45) is 1.80. The predicted octanol–water partition coefficient (Wildman–Crippen LogP) is 4.48. The van der Waals surface area contributed by atoms with Crippen molar-refractivity contribution in [3.8, 4) is 0 Å². The first kappa shape index (κ1) is 16.8. The maximum absolute atomic E-state index is 12.8. The lowest BCUT2D eigenvalue weighted by atomic mass is 10.0. The van der Waals surface area contributed by atoms with Gasteiger partial charge in [-0.2, -0.15) is 0 Å². The molecule has 4 nitrogen and oxygen atoms in total. The van der Waals surface area contributed by atoms with Crippen molar-refractivity contribution in [3.05, 3.63) is 51.2 Å². The second-order valence-corrected chi connectivity index (χ2v) is 6.15. The Morgan fingerprint density at radius 2 is 1.86 bits per heavy atom. The quantitative estimate of drug-likeness (QED) is 0.433.